The number of anilines is 2. The number of para-hydroxylation sites is 3. The lowest BCUT2D eigenvalue weighted by Crippen LogP contribution is -2.23. The van der Waals surface area contributed by atoms with Gasteiger partial charge in [0.15, 0.2) is 6.61 Å². The maximum Gasteiger partial charge on any atom is 0.262 e. The van der Waals surface area contributed by atoms with E-state index >= 15 is 0 Å². The highest BCUT2D eigenvalue weighted by atomic mass is 16.5. The molecule has 0 aromatic heterocycles. The van der Waals surface area contributed by atoms with E-state index in [0.29, 0.717) is 17.0 Å². The smallest absolute Gasteiger partial charge is 0.262 e. The maximum absolute atomic E-state index is 12.6. The molecule has 0 fully saturated rings. The molecule has 0 heterocycles. The number of carbonyl (C=O) groups is 2. The van der Waals surface area contributed by atoms with Crippen LogP contribution in [0.25, 0.3) is 0 Å². The summed E-state index contributed by atoms with van der Waals surface area (Å²) in [5.41, 5.74) is 3.95. The molecule has 154 valence electrons. The number of carbonyl (C=O) groups excluding carboxylic acids is 2. The molecule has 3 rings (SSSR count). The van der Waals surface area contributed by atoms with Crippen LogP contribution in [-0.4, -0.2) is 18.4 Å². The Hall–Kier alpha value is -3.60. The molecule has 5 nitrogen and oxygen atoms in total. The summed E-state index contributed by atoms with van der Waals surface area (Å²) >= 11 is 0. The van der Waals surface area contributed by atoms with Gasteiger partial charge in [0.1, 0.15) is 5.75 Å². The van der Waals surface area contributed by atoms with Crippen molar-refractivity contribution in [3.8, 4) is 5.75 Å². The van der Waals surface area contributed by atoms with Crippen molar-refractivity contribution in [3.63, 3.8) is 0 Å². The van der Waals surface area contributed by atoms with Gasteiger partial charge in [-0.05, 0) is 48.2 Å². The summed E-state index contributed by atoms with van der Waals surface area (Å²) in [7, 11) is 0. The monoisotopic (exact) mass is 402 g/mol. The second-order valence-corrected chi connectivity index (χ2v) is 7.35. The van der Waals surface area contributed by atoms with Crippen LogP contribution in [0.5, 0.6) is 5.75 Å². The van der Waals surface area contributed by atoms with Gasteiger partial charge >= 0.3 is 0 Å². The van der Waals surface area contributed by atoms with Crippen LogP contribution in [0.3, 0.4) is 0 Å². The number of aryl methyl sites for hydroxylation is 1. The van der Waals surface area contributed by atoms with Crippen LogP contribution in [0.4, 0.5) is 11.4 Å². The van der Waals surface area contributed by atoms with Gasteiger partial charge < -0.3 is 15.4 Å². The molecule has 0 atom stereocenters. The van der Waals surface area contributed by atoms with Crippen molar-refractivity contribution in [2.45, 2.75) is 26.7 Å². The van der Waals surface area contributed by atoms with E-state index in [0.717, 1.165) is 16.8 Å². The third-order valence-electron chi connectivity index (χ3n) is 4.71. The first-order valence-electron chi connectivity index (χ1n) is 9.93. The summed E-state index contributed by atoms with van der Waals surface area (Å²) in [6, 6.07) is 22.0. The van der Waals surface area contributed by atoms with Gasteiger partial charge in [0.25, 0.3) is 11.8 Å². The number of benzene rings is 3. The topological polar surface area (TPSA) is 67.4 Å². The number of hydrogen-bond donors (Lipinski definition) is 2. The number of rotatable bonds is 7. The summed E-state index contributed by atoms with van der Waals surface area (Å²) in [4.78, 5) is 25.2. The van der Waals surface area contributed by atoms with Crippen LogP contribution < -0.4 is 15.4 Å². The first-order chi connectivity index (χ1) is 14.5. The zero-order chi connectivity index (χ0) is 21.5. The molecular weight excluding hydrogens is 376 g/mol. The molecule has 5 heteroatoms. The second kappa shape index (κ2) is 9.74. The highest BCUT2D eigenvalue weighted by Crippen LogP contribution is 2.27. The van der Waals surface area contributed by atoms with E-state index in [1.54, 1.807) is 24.3 Å². The zero-order valence-corrected chi connectivity index (χ0v) is 17.4. The average molecular weight is 402 g/mol. The van der Waals surface area contributed by atoms with E-state index in [1.807, 2.05) is 55.5 Å². The highest BCUT2D eigenvalue weighted by molar-refractivity contribution is 6.06. The summed E-state index contributed by atoms with van der Waals surface area (Å²) in [5, 5.41) is 5.79. The molecular formula is C25H26N2O3. The third kappa shape index (κ3) is 5.26. The van der Waals surface area contributed by atoms with Crippen molar-refractivity contribution in [2.24, 2.45) is 0 Å². The minimum atomic E-state index is -0.293. The molecule has 0 radical (unpaired) electrons. The Balaban J connectivity index is 1.68. The SMILES string of the molecule is Cc1cccc(C(C)C)c1NC(=O)COc1ccccc1C(=O)Nc1ccccc1. The highest BCUT2D eigenvalue weighted by Gasteiger charge is 2.15. The Morgan fingerprint density at radius 1 is 0.867 bits per heavy atom. The quantitative estimate of drug-likeness (QED) is 0.557. The lowest BCUT2D eigenvalue weighted by Gasteiger charge is -2.17. The van der Waals surface area contributed by atoms with Gasteiger partial charge in [-0.2, -0.15) is 0 Å². The van der Waals surface area contributed by atoms with Crippen molar-refractivity contribution in [2.75, 3.05) is 17.2 Å². The van der Waals surface area contributed by atoms with Crippen molar-refractivity contribution in [1.29, 1.82) is 0 Å². The molecule has 0 spiro atoms. The fraction of sp³-hybridized carbons (Fsp3) is 0.200. The van der Waals surface area contributed by atoms with Gasteiger partial charge in [0.05, 0.1) is 5.56 Å². The van der Waals surface area contributed by atoms with E-state index < -0.39 is 0 Å². The van der Waals surface area contributed by atoms with Gasteiger partial charge in [0, 0.05) is 11.4 Å². The van der Waals surface area contributed by atoms with Crippen LogP contribution in [0.2, 0.25) is 0 Å². The molecule has 3 aromatic rings. The zero-order valence-electron chi connectivity index (χ0n) is 17.4. The maximum atomic E-state index is 12.6. The predicted octanol–water partition coefficient (Wildman–Crippen LogP) is 5.39. The summed E-state index contributed by atoms with van der Waals surface area (Å²) in [6.45, 7) is 5.94. The van der Waals surface area contributed by atoms with Gasteiger partial charge in [-0.1, -0.05) is 62.4 Å². The number of nitrogens with one attached hydrogen (secondary N) is 2. The third-order valence-corrected chi connectivity index (χ3v) is 4.71. The van der Waals surface area contributed by atoms with Crippen molar-refractivity contribution in [1.82, 2.24) is 0 Å². The average Bonchev–Trinajstić information content (AvgIpc) is 2.74. The van der Waals surface area contributed by atoms with E-state index in [4.69, 9.17) is 4.74 Å². The van der Waals surface area contributed by atoms with Crippen LogP contribution in [-0.2, 0) is 4.79 Å². The molecule has 0 saturated heterocycles. The minimum absolute atomic E-state index is 0.193. The molecule has 3 aromatic carbocycles. The molecule has 0 aliphatic rings. The Kier molecular flexibility index (Phi) is 6.86. The van der Waals surface area contributed by atoms with Gasteiger partial charge in [0.2, 0.25) is 0 Å². The lowest BCUT2D eigenvalue weighted by atomic mass is 9.98. The Morgan fingerprint density at radius 3 is 2.30 bits per heavy atom. The molecule has 0 unspecified atom stereocenters. The van der Waals surface area contributed by atoms with Gasteiger partial charge in [-0.15, -0.1) is 0 Å². The fourth-order valence-electron chi connectivity index (χ4n) is 3.16. The van der Waals surface area contributed by atoms with E-state index in [9.17, 15) is 9.59 Å². The molecule has 0 aliphatic heterocycles. The summed E-state index contributed by atoms with van der Waals surface area (Å²) in [5.74, 6) is 0.0705. The molecule has 0 aliphatic carbocycles. The van der Waals surface area contributed by atoms with Gasteiger partial charge in [-0.3, -0.25) is 9.59 Å². The number of ether oxygens (including phenoxy) is 1. The van der Waals surface area contributed by atoms with Crippen molar-refractivity contribution in [3.05, 3.63) is 89.5 Å². The largest absolute Gasteiger partial charge is 0.483 e. The molecule has 2 amide bonds. The molecule has 30 heavy (non-hydrogen) atoms. The number of hydrogen-bond acceptors (Lipinski definition) is 3. The fourth-order valence-corrected chi connectivity index (χ4v) is 3.16. The summed E-state index contributed by atoms with van der Waals surface area (Å²) < 4.78 is 5.70. The van der Waals surface area contributed by atoms with E-state index in [-0.39, 0.29) is 24.3 Å². The Morgan fingerprint density at radius 2 is 1.57 bits per heavy atom. The van der Waals surface area contributed by atoms with Crippen LogP contribution in [0.1, 0.15) is 41.3 Å². The normalized spacial score (nSPS) is 10.5. The van der Waals surface area contributed by atoms with E-state index in [2.05, 4.69) is 24.5 Å². The predicted molar refractivity (Wildman–Crippen MR) is 120 cm³/mol. The first kappa shape index (κ1) is 21.1. The van der Waals surface area contributed by atoms with Crippen LogP contribution in [0.15, 0.2) is 72.8 Å². The molecule has 0 saturated carbocycles. The molecule has 2 N–H and O–H groups in total. The van der Waals surface area contributed by atoms with Crippen molar-refractivity contribution < 1.29 is 14.3 Å². The van der Waals surface area contributed by atoms with E-state index in [1.165, 1.54) is 0 Å². The summed E-state index contributed by atoms with van der Waals surface area (Å²) in [6.07, 6.45) is 0. The van der Waals surface area contributed by atoms with Crippen LogP contribution >= 0.6 is 0 Å². The Labute approximate surface area is 177 Å². The first-order valence-corrected chi connectivity index (χ1v) is 9.93. The number of amides is 2. The molecule has 0 bridgehead atoms. The second-order valence-electron chi connectivity index (χ2n) is 7.35. The van der Waals surface area contributed by atoms with Crippen LogP contribution in [0, 0.1) is 6.92 Å². The Bertz CT molecular complexity index is 1030. The lowest BCUT2D eigenvalue weighted by molar-refractivity contribution is -0.118. The minimum Gasteiger partial charge on any atom is -0.483 e. The standard InChI is InChI=1S/C25H26N2O3/c1-17(2)20-14-9-10-18(3)24(20)27-23(28)16-30-22-15-8-7-13-21(22)25(29)26-19-11-5-4-6-12-19/h4-15,17H,16H2,1-3H3,(H,26,29)(H,27,28). The van der Waals surface area contributed by atoms with Gasteiger partial charge in [-0.25, -0.2) is 0 Å². The van der Waals surface area contributed by atoms with Crippen molar-refractivity contribution >= 4 is 23.2 Å².